The quantitative estimate of drug-likeness (QED) is 0.572. The first-order chi connectivity index (χ1) is 13.1. The maximum Gasteiger partial charge on any atom is 0.117 e. The van der Waals surface area contributed by atoms with Gasteiger partial charge in [0.1, 0.15) is 11.4 Å². The first kappa shape index (κ1) is 19.5. The average Bonchev–Trinajstić information content (AvgIpc) is 3.04. The molecular formula is C21H26ClN5. The molecule has 3 aromatic rings. The molecule has 0 aliphatic rings. The Hall–Kier alpha value is -2.21. The van der Waals surface area contributed by atoms with E-state index in [0.29, 0.717) is 13.1 Å². The van der Waals surface area contributed by atoms with Gasteiger partial charge in [0.15, 0.2) is 0 Å². The summed E-state index contributed by atoms with van der Waals surface area (Å²) in [6, 6.07) is 18.0. The van der Waals surface area contributed by atoms with Gasteiger partial charge in [0.05, 0.1) is 6.54 Å². The summed E-state index contributed by atoms with van der Waals surface area (Å²) in [6.07, 6.45) is 1.10. The zero-order valence-corrected chi connectivity index (χ0v) is 16.7. The fourth-order valence-corrected chi connectivity index (χ4v) is 3.13. The number of aromatic nitrogens is 3. The summed E-state index contributed by atoms with van der Waals surface area (Å²) >= 11 is 6.10. The Labute approximate surface area is 166 Å². The largest absolute Gasteiger partial charge is 0.311 e. The lowest BCUT2D eigenvalue weighted by molar-refractivity contribution is 0.394. The Morgan fingerprint density at radius 3 is 2.59 bits per heavy atom. The SMILES string of the molecule is CN(C)CCCNCc1nn(Cc2cccc(Cl)c2)nc1-c1ccccc1. The minimum Gasteiger partial charge on any atom is -0.311 e. The van der Waals surface area contributed by atoms with Crippen molar-refractivity contribution in [2.45, 2.75) is 19.5 Å². The molecule has 2 aromatic carbocycles. The number of rotatable bonds is 9. The summed E-state index contributed by atoms with van der Waals surface area (Å²) in [6.45, 7) is 3.32. The van der Waals surface area contributed by atoms with Crippen molar-refractivity contribution in [3.05, 3.63) is 70.9 Å². The standard InChI is InChI=1S/C21H26ClN5/c1-26(2)13-7-12-23-15-20-21(18-9-4-3-5-10-18)25-27(24-20)16-17-8-6-11-19(22)14-17/h3-6,8-11,14,23H,7,12-13,15-16H2,1-2H3. The van der Waals surface area contributed by atoms with Gasteiger partial charge >= 0.3 is 0 Å². The molecular weight excluding hydrogens is 358 g/mol. The molecule has 0 bridgehead atoms. The Morgan fingerprint density at radius 1 is 1.04 bits per heavy atom. The average molecular weight is 384 g/mol. The second kappa shape index (κ2) is 9.65. The molecule has 27 heavy (non-hydrogen) atoms. The lowest BCUT2D eigenvalue weighted by Crippen LogP contribution is -2.21. The van der Waals surface area contributed by atoms with Crippen LogP contribution >= 0.6 is 11.6 Å². The molecule has 142 valence electrons. The maximum atomic E-state index is 6.10. The molecule has 0 radical (unpaired) electrons. The van der Waals surface area contributed by atoms with Crippen LogP contribution in [0.15, 0.2) is 54.6 Å². The molecule has 0 aliphatic carbocycles. The predicted octanol–water partition coefficient (Wildman–Crippen LogP) is 3.69. The fraction of sp³-hybridized carbons (Fsp3) is 0.333. The lowest BCUT2D eigenvalue weighted by Gasteiger charge is -2.09. The van der Waals surface area contributed by atoms with E-state index in [1.807, 2.05) is 42.5 Å². The first-order valence-electron chi connectivity index (χ1n) is 9.21. The Bertz CT molecular complexity index is 845. The van der Waals surface area contributed by atoms with Crippen LogP contribution in [0, 0.1) is 0 Å². The summed E-state index contributed by atoms with van der Waals surface area (Å²) in [5.41, 5.74) is 4.06. The van der Waals surface area contributed by atoms with Crippen molar-refractivity contribution >= 4 is 11.6 Å². The molecule has 0 amide bonds. The van der Waals surface area contributed by atoms with Gasteiger partial charge in [0.2, 0.25) is 0 Å². The van der Waals surface area contributed by atoms with Crippen molar-refractivity contribution in [3.63, 3.8) is 0 Å². The van der Waals surface area contributed by atoms with E-state index >= 15 is 0 Å². The molecule has 0 saturated heterocycles. The van der Waals surface area contributed by atoms with Crippen molar-refractivity contribution in [1.29, 1.82) is 0 Å². The number of benzene rings is 2. The third-order valence-corrected chi connectivity index (χ3v) is 4.47. The number of nitrogens with zero attached hydrogens (tertiary/aromatic N) is 4. The molecule has 0 unspecified atom stereocenters. The van der Waals surface area contributed by atoms with Crippen LogP contribution in [0.4, 0.5) is 0 Å². The number of hydrogen-bond donors (Lipinski definition) is 1. The van der Waals surface area contributed by atoms with Gasteiger partial charge in [0.25, 0.3) is 0 Å². The third-order valence-electron chi connectivity index (χ3n) is 4.24. The summed E-state index contributed by atoms with van der Waals surface area (Å²) in [7, 11) is 4.18. The van der Waals surface area contributed by atoms with Gasteiger partial charge in [-0.1, -0.05) is 54.1 Å². The van der Waals surface area contributed by atoms with Crippen LogP contribution in [-0.2, 0) is 13.1 Å². The molecule has 1 aromatic heterocycles. The van der Waals surface area contributed by atoms with E-state index in [-0.39, 0.29) is 0 Å². The minimum atomic E-state index is 0.598. The first-order valence-corrected chi connectivity index (χ1v) is 9.59. The lowest BCUT2D eigenvalue weighted by atomic mass is 10.1. The van der Waals surface area contributed by atoms with Crippen molar-refractivity contribution in [1.82, 2.24) is 25.2 Å². The second-order valence-electron chi connectivity index (χ2n) is 6.86. The highest BCUT2D eigenvalue weighted by atomic mass is 35.5. The zero-order valence-electron chi connectivity index (χ0n) is 15.9. The predicted molar refractivity (Wildman–Crippen MR) is 111 cm³/mol. The molecule has 5 nitrogen and oxygen atoms in total. The van der Waals surface area contributed by atoms with Gasteiger partial charge in [-0.2, -0.15) is 15.0 Å². The van der Waals surface area contributed by atoms with E-state index in [2.05, 4.69) is 36.4 Å². The Kier molecular flexibility index (Phi) is 6.98. The highest BCUT2D eigenvalue weighted by molar-refractivity contribution is 6.30. The van der Waals surface area contributed by atoms with E-state index in [1.54, 1.807) is 4.80 Å². The summed E-state index contributed by atoms with van der Waals surface area (Å²) in [5, 5.41) is 13.7. The van der Waals surface area contributed by atoms with Gasteiger partial charge in [-0.25, -0.2) is 0 Å². The molecule has 0 aliphatic heterocycles. The smallest absolute Gasteiger partial charge is 0.117 e. The van der Waals surface area contributed by atoms with Crippen molar-refractivity contribution in [2.75, 3.05) is 27.2 Å². The summed E-state index contributed by atoms with van der Waals surface area (Å²) < 4.78 is 0. The van der Waals surface area contributed by atoms with Crippen molar-refractivity contribution in [3.8, 4) is 11.3 Å². The highest BCUT2D eigenvalue weighted by Gasteiger charge is 2.13. The van der Waals surface area contributed by atoms with Crippen LogP contribution in [0.1, 0.15) is 17.7 Å². The third kappa shape index (κ3) is 5.89. The van der Waals surface area contributed by atoms with Gasteiger partial charge in [-0.3, -0.25) is 0 Å². The van der Waals surface area contributed by atoms with Gasteiger partial charge in [-0.15, -0.1) is 0 Å². The zero-order chi connectivity index (χ0) is 19.1. The van der Waals surface area contributed by atoms with Gasteiger partial charge in [0, 0.05) is 17.1 Å². The van der Waals surface area contributed by atoms with Crippen LogP contribution in [0.3, 0.4) is 0 Å². The minimum absolute atomic E-state index is 0.598. The van der Waals surface area contributed by atoms with E-state index < -0.39 is 0 Å². The highest BCUT2D eigenvalue weighted by Crippen LogP contribution is 2.20. The fourth-order valence-electron chi connectivity index (χ4n) is 2.92. The van der Waals surface area contributed by atoms with E-state index in [4.69, 9.17) is 21.8 Å². The number of hydrogen-bond acceptors (Lipinski definition) is 4. The topological polar surface area (TPSA) is 46.0 Å². The van der Waals surface area contributed by atoms with E-state index in [1.165, 1.54) is 0 Å². The monoisotopic (exact) mass is 383 g/mol. The van der Waals surface area contributed by atoms with Crippen LogP contribution in [0.2, 0.25) is 5.02 Å². The maximum absolute atomic E-state index is 6.10. The van der Waals surface area contributed by atoms with E-state index in [0.717, 1.165) is 47.0 Å². The molecule has 0 atom stereocenters. The molecule has 0 spiro atoms. The van der Waals surface area contributed by atoms with Crippen LogP contribution < -0.4 is 5.32 Å². The second-order valence-corrected chi connectivity index (χ2v) is 7.29. The molecule has 0 fully saturated rings. The van der Waals surface area contributed by atoms with E-state index in [9.17, 15) is 0 Å². The Balaban J connectivity index is 1.74. The Morgan fingerprint density at radius 2 is 1.85 bits per heavy atom. The summed E-state index contributed by atoms with van der Waals surface area (Å²) in [5.74, 6) is 0. The van der Waals surface area contributed by atoms with Crippen LogP contribution in [-0.4, -0.2) is 47.1 Å². The summed E-state index contributed by atoms with van der Waals surface area (Å²) in [4.78, 5) is 3.95. The molecule has 1 heterocycles. The molecule has 0 saturated carbocycles. The van der Waals surface area contributed by atoms with Gasteiger partial charge < -0.3 is 10.2 Å². The molecule has 3 rings (SSSR count). The van der Waals surface area contributed by atoms with Crippen LogP contribution in [0.5, 0.6) is 0 Å². The normalized spacial score (nSPS) is 11.3. The molecule has 1 N–H and O–H groups in total. The number of nitrogens with one attached hydrogen (secondary N) is 1. The van der Waals surface area contributed by atoms with Crippen molar-refractivity contribution < 1.29 is 0 Å². The van der Waals surface area contributed by atoms with Crippen molar-refractivity contribution in [2.24, 2.45) is 0 Å². The molecule has 6 heteroatoms. The van der Waals surface area contributed by atoms with Crippen LogP contribution in [0.25, 0.3) is 11.3 Å². The van der Waals surface area contributed by atoms with Gasteiger partial charge in [-0.05, 0) is 51.3 Å². The number of halogens is 1.